The van der Waals surface area contributed by atoms with Crippen LogP contribution in [0.5, 0.6) is 0 Å². The molecule has 5 saturated carbocycles. The Morgan fingerprint density at radius 2 is 1.59 bits per heavy atom. The van der Waals surface area contributed by atoms with Crippen molar-refractivity contribution >= 4 is 11.9 Å². The summed E-state index contributed by atoms with van der Waals surface area (Å²) in [6.07, 6.45) is 9.78. The number of rotatable bonds is 4. The molecule has 22 heavy (non-hydrogen) atoms. The van der Waals surface area contributed by atoms with Gasteiger partial charge in [0, 0.05) is 5.54 Å². The van der Waals surface area contributed by atoms with Crippen molar-refractivity contribution in [1.29, 1.82) is 0 Å². The first-order valence-electron chi connectivity index (χ1n) is 9.05. The van der Waals surface area contributed by atoms with E-state index in [-0.39, 0.29) is 23.3 Å². The van der Waals surface area contributed by atoms with Crippen LogP contribution in [0.1, 0.15) is 64.7 Å². The third kappa shape index (κ3) is 2.55. The van der Waals surface area contributed by atoms with Crippen molar-refractivity contribution in [2.75, 3.05) is 0 Å². The Kier molecular flexibility index (Phi) is 3.46. The normalized spacial score (nSPS) is 40.9. The lowest BCUT2D eigenvalue weighted by atomic mass is 9.53. The lowest BCUT2D eigenvalue weighted by Crippen LogP contribution is -2.61. The van der Waals surface area contributed by atoms with Crippen molar-refractivity contribution in [2.45, 2.75) is 76.4 Å². The molecule has 1 amide bonds. The third-order valence-corrected chi connectivity index (χ3v) is 6.53. The highest BCUT2D eigenvalue weighted by Gasteiger charge is 2.51. The van der Waals surface area contributed by atoms with E-state index in [1.54, 1.807) is 6.92 Å². The fourth-order valence-corrected chi connectivity index (χ4v) is 5.59. The van der Waals surface area contributed by atoms with Crippen LogP contribution in [-0.4, -0.2) is 23.5 Å². The summed E-state index contributed by atoms with van der Waals surface area (Å²) in [5, 5.41) is 3.29. The van der Waals surface area contributed by atoms with Gasteiger partial charge in [0.1, 0.15) is 0 Å². The van der Waals surface area contributed by atoms with E-state index in [0.717, 1.165) is 56.3 Å². The molecule has 5 aliphatic rings. The van der Waals surface area contributed by atoms with E-state index in [2.05, 4.69) is 5.32 Å². The monoisotopic (exact) mass is 305 g/mol. The molecule has 0 heterocycles. The van der Waals surface area contributed by atoms with Gasteiger partial charge < -0.3 is 10.1 Å². The van der Waals surface area contributed by atoms with Crippen LogP contribution in [0.25, 0.3) is 0 Å². The van der Waals surface area contributed by atoms with Crippen LogP contribution in [0.2, 0.25) is 0 Å². The number of amides is 1. The molecule has 0 aromatic carbocycles. The quantitative estimate of drug-likeness (QED) is 0.813. The van der Waals surface area contributed by atoms with Gasteiger partial charge in [-0.15, -0.1) is 0 Å². The number of carbonyl (C=O) groups excluding carboxylic acids is 2. The molecule has 1 N–H and O–H groups in total. The first kappa shape index (κ1) is 14.5. The SMILES string of the molecule is C[C@H](OC(=O)C1CCC1)C(=O)NC12CC3CC(CC(C3)C1)C2. The molecule has 5 aliphatic carbocycles. The van der Waals surface area contributed by atoms with Gasteiger partial charge in [0.05, 0.1) is 5.92 Å². The van der Waals surface area contributed by atoms with E-state index in [0.29, 0.717) is 0 Å². The summed E-state index contributed by atoms with van der Waals surface area (Å²) >= 11 is 0. The summed E-state index contributed by atoms with van der Waals surface area (Å²) in [4.78, 5) is 24.4. The first-order valence-corrected chi connectivity index (χ1v) is 9.05. The fourth-order valence-electron chi connectivity index (χ4n) is 5.59. The van der Waals surface area contributed by atoms with Crippen molar-refractivity contribution < 1.29 is 14.3 Å². The van der Waals surface area contributed by atoms with Gasteiger partial charge in [-0.1, -0.05) is 6.42 Å². The summed E-state index contributed by atoms with van der Waals surface area (Å²) in [5.74, 6) is 2.18. The second kappa shape index (κ2) is 5.24. The number of carbonyl (C=O) groups is 2. The number of hydrogen-bond acceptors (Lipinski definition) is 3. The second-order valence-corrected chi connectivity index (χ2v) is 8.39. The van der Waals surface area contributed by atoms with Crippen LogP contribution in [0, 0.1) is 23.7 Å². The highest BCUT2D eigenvalue weighted by atomic mass is 16.5. The van der Waals surface area contributed by atoms with Crippen LogP contribution in [0.4, 0.5) is 0 Å². The Morgan fingerprint density at radius 3 is 2.05 bits per heavy atom. The number of ether oxygens (including phenoxy) is 1. The molecule has 0 saturated heterocycles. The van der Waals surface area contributed by atoms with Crippen molar-refractivity contribution in [3.63, 3.8) is 0 Å². The average Bonchev–Trinajstić information content (AvgIpc) is 2.33. The molecule has 4 nitrogen and oxygen atoms in total. The number of esters is 1. The predicted octanol–water partition coefficient (Wildman–Crippen LogP) is 2.80. The molecule has 0 aromatic rings. The van der Waals surface area contributed by atoms with Crippen molar-refractivity contribution in [2.24, 2.45) is 23.7 Å². The second-order valence-electron chi connectivity index (χ2n) is 8.39. The van der Waals surface area contributed by atoms with Crippen molar-refractivity contribution in [1.82, 2.24) is 5.32 Å². The first-order chi connectivity index (χ1) is 10.5. The van der Waals surface area contributed by atoms with Gasteiger partial charge >= 0.3 is 5.97 Å². The summed E-state index contributed by atoms with van der Waals surface area (Å²) in [5.41, 5.74) is 0.00295. The molecule has 0 spiro atoms. The van der Waals surface area contributed by atoms with Crippen LogP contribution < -0.4 is 5.32 Å². The van der Waals surface area contributed by atoms with Crippen molar-refractivity contribution in [3.8, 4) is 0 Å². The summed E-state index contributed by atoms with van der Waals surface area (Å²) in [7, 11) is 0. The maximum atomic E-state index is 12.5. The van der Waals surface area contributed by atoms with Crippen LogP contribution >= 0.6 is 0 Å². The van der Waals surface area contributed by atoms with E-state index in [9.17, 15) is 9.59 Å². The summed E-state index contributed by atoms with van der Waals surface area (Å²) in [6, 6.07) is 0. The lowest BCUT2D eigenvalue weighted by Gasteiger charge is -2.57. The Morgan fingerprint density at radius 1 is 1.05 bits per heavy atom. The van der Waals surface area contributed by atoms with Gasteiger partial charge in [-0.3, -0.25) is 9.59 Å². The molecule has 4 heteroatoms. The van der Waals surface area contributed by atoms with E-state index in [4.69, 9.17) is 4.74 Å². The Hall–Kier alpha value is -1.06. The molecule has 0 radical (unpaired) electrons. The fraction of sp³-hybridized carbons (Fsp3) is 0.889. The Balaban J connectivity index is 1.36. The largest absolute Gasteiger partial charge is 0.452 e. The molecule has 0 aliphatic heterocycles. The molecule has 5 rings (SSSR count). The molecule has 122 valence electrons. The van der Waals surface area contributed by atoms with Crippen molar-refractivity contribution in [3.05, 3.63) is 0 Å². The third-order valence-electron chi connectivity index (χ3n) is 6.53. The minimum atomic E-state index is -0.652. The predicted molar refractivity (Wildman–Crippen MR) is 81.9 cm³/mol. The van der Waals surface area contributed by atoms with Crippen LogP contribution in [-0.2, 0) is 14.3 Å². The maximum absolute atomic E-state index is 12.5. The Bertz CT molecular complexity index is 447. The van der Waals surface area contributed by atoms with Gasteiger partial charge in [-0.25, -0.2) is 0 Å². The summed E-state index contributed by atoms with van der Waals surface area (Å²) < 4.78 is 5.38. The topological polar surface area (TPSA) is 55.4 Å². The minimum absolute atomic E-state index is 0.00295. The highest BCUT2D eigenvalue weighted by Crippen LogP contribution is 2.55. The zero-order valence-corrected chi connectivity index (χ0v) is 13.5. The van der Waals surface area contributed by atoms with Gasteiger partial charge in [-0.05, 0) is 76.0 Å². The van der Waals surface area contributed by atoms with Gasteiger partial charge in [0.2, 0.25) is 0 Å². The number of hydrogen-bond donors (Lipinski definition) is 1. The molecule has 0 unspecified atom stereocenters. The molecule has 4 bridgehead atoms. The highest BCUT2D eigenvalue weighted by molar-refractivity contribution is 5.84. The maximum Gasteiger partial charge on any atom is 0.309 e. The van der Waals surface area contributed by atoms with Gasteiger partial charge in [-0.2, -0.15) is 0 Å². The number of nitrogens with one attached hydrogen (secondary N) is 1. The zero-order chi connectivity index (χ0) is 15.3. The molecular weight excluding hydrogens is 278 g/mol. The molecular formula is C18H27NO3. The Labute approximate surface area is 132 Å². The lowest BCUT2D eigenvalue weighted by molar-refractivity contribution is -0.162. The standard InChI is InChI=1S/C18H27NO3/c1-11(22-17(21)15-3-2-4-15)16(20)19-18-8-12-5-13(9-18)7-14(6-12)10-18/h11-15H,2-10H2,1H3,(H,19,20)/t11-,12?,13?,14?,18?/m0/s1. The smallest absolute Gasteiger partial charge is 0.309 e. The van der Waals surface area contributed by atoms with E-state index in [1.807, 2.05) is 0 Å². The van der Waals surface area contributed by atoms with Crippen LogP contribution in [0.3, 0.4) is 0 Å². The van der Waals surface area contributed by atoms with Gasteiger partial charge in [0.25, 0.3) is 5.91 Å². The minimum Gasteiger partial charge on any atom is -0.452 e. The average molecular weight is 305 g/mol. The summed E-state index contributed by atoms with van der Waals surface area (Å²) in [6.45, 7) is 1.71. The molecule has 5 fully saturated rings. The van der Waals surface area contributed by atoms with E-state index < -0.39 is 6.10 Å². The molecule has 1 atom stereocenters. The zero-order valence-electron chi connectivity index (χ0n) is 13.5. The van der Waals surface area contributed by atoms with E-state index in [1.165, 1.54) is 19.3 Å². The van der Waals surface area contributed by atoms with E-state index >= 15 is 0 Å². The molecule has 0 aromatic heterocycles. The van der Waals surface area contributed by atoms with Crippen LogP contribution in [0.15, 0.2) is 0 Å². The van der Waals surface area contributed by atoms with Gasteiger partial charge in [0.15, 0.2) is 6.10 Å².